The van der Waals surface area contributed by atoms with Gasteiger partial charge in [0.2, 0.25) is 10.0 Å². The Labute approximate surface area is 141 Å². The van der Waals surface area contributed by atoms with Crippen LogP contribution in [0.25, 0.3) is 0 Å². The third-order valence-corrected chi connectivity index (χ3v) is 6.70. The van der Waals surface area contributed by atoms with Crippen LogP contribution in [0, 0.1) is 5.82 Å². The van der Waals surface area contributed by atoms with Gasteiger partial charge in [0, 0.05) is 6.54 Å². The van der Waals surface area contributed by atoms with Gasteiger partial charge in [0.1, 0.15) is 5.82 Å². The van der Waals surface area contributed by atoms with E-state index in [9.17, 15) is 21.2 Å². The molecule has 0 atom stereocenters. The lowest BCUT2D eigenvalue weighted by molar-refractivity contribution is 0.580. The van der Waals surface area contributed by atoms with Crippen LogP contribution in [0.15, 0.2) is 58.3 Å². The Morgan fingerprint density at radius 3 is 2.17 bits per heavy atom. The number of sulfone groups is 1. The van der Waals surface area contributed by atoms with E-state index in [0.29, 0.717) is 12.0 Å². The molecule has 1 N–H and O–H groups in total. The molecule has 2 aromatic carbocycles. The molecule has 0 unspecified atom stereocenters. The van der Waals surface area contributed by atoms with Crippen LogP contribution in [0.2, 0.25) is 0 Å². The molecule has 0 amide bonds. The number of halogens is 1. The molecule has 0 aliphatic heterocycles. The topological polar surface area (TPSA) is 80.3 Å². The maximum absolute atomic E-state index is 13.1. The maximum Gasteiger partial charge on any atom is 0.240 e. The van der Waals surface area contributed by atoms with Crippen molar-refractivity contribution in [2.75, 3.05) is 12.3 Å². The van der Waals surface area contributed by atoms with Crippen LogP contribution < -0.4 is 4.72 Å². The van der Waals surface area contributed by atoms with Crippen LogP contribution in [0.5, 0.6) is 0 Å². The molecule has 2 aromatic rings. The summed E-state index contributed by atoms with van der Waals surface area (Å²) >= 11 is 0. The van der Waals surface area contributed by atoms with Gasteiger partial charge in [0.05, 0.1) is 15.5 Å². The van der Waals surface area contributed by atoms with Crippen molar-refractivity contribution in [2.45, 2.75) is 23.1 Å². The molecule has 0 spiro atoms. The first kappa shape index (κ1) is 18.6. The predicted molar refractivity (Wildman–Crippen MR) is 89.5 cm³/mol. The smallest absolute Gasteiger partial charge is 0.224 e. The van der Waals surface area contributed by atoms with Gasteiger partial charge in [0.25, 0.3) is 0 Å². The van der Waals surface area contributed by atoms with Crippen molar-refractivity contribution < 1.29 is 21.2 Å². The third kappa shape index (κ3) is 4.62. The zero-order valence-corrected chi connectivity index (χ0v) is 14.7. The molecular weight excluding hydrogens is 353 g/mol. The Hall–Kier alpha value is -1.77. The lowest BCUT2D eigenvalue weighted by Gasteiger charge is -2.08. The molecule has 0 radical (unpaired) electrons. The van der Waals surface area contributed by atoms with Crippen LogP contribution in [-0.4, -0.2) is 29.1 Å². The second kappa shape index (κ2) is 7.42. The summed E-state index contributed by atoms with van der Waals surface area (Å²) in [4.78, 5) is 0.0699. The number of sulfonamides is 1. The van der Waals surface area contributed by atoms with Gasteiger partial charge in [-0.1, -0.05) is 19.1 Å². The Balaban J connectivity index is 2.05. The summed E-state index contributed by atoms with van der Waals surface area (Å²) < 4.78 is 63.3. The third-order valence-electron chi connectivity index (χ3n) is 3.47. The number of rotatable bonds is 7. The molecule has 0 heterocycles. The highest BCUT2D eigenvalue weighted by Crippen LogP contribution is 2.15. The molecule has 5 nitrogen and oxygen atoms in total. The van der Waals surface area contributed by atoms with Crippen molar-refractivity contribution in [2.24, 2.45) is 0 Å². The lowest BCUT2D eigenvalue weighted by atomic mass is 10.1. The van der Waals surface area contributed by atoms with Gasteiger partial charge in [-0.15, -0.1) is 0 Å². The normalized spacial score (nSPS) is 12.2. The number of hydrogen-bond acceptors (Lipinski definition) is 4. The molecule has 0 fully saturated rings. The quantitative estimate of drug-likeness (QED) is 0.809. The summed E-state index contributed by atoms with van der Waals surface area (Å²) in [6.45, 7) is 1.63. The monoisotopic (exact) mass is 371 g/mol. The lowest BCUT2D eigenvalue weighted by Crippen LogP contribution is -2.26. The average molecular weight is 371 g/mol. The fraction of sp³-hybridized carbons (Fsp3) is 0.250. The van der Waals surface area contributed by atoms with Crippen LogP contribution in [0.4, 0.5) is 4.39 Å². The standard InChI is InChI=1S/C16H18FNO4S2/c1-2-23(19,20)15-6-8-16(9-7-15)24(21,22)18-11-10-13-4-3-5-14(17)12-13/h3-9,12,18H,2,10-11H2,1H3. The van der Waals surface area contributed by atoms with Crippen LogP contribution in [-0.2, 0) is 26.3 Å². The van der Waals surface area contributed by atoms with Gasteiger partial charge in [-0.05, 0) is 48.4 Å². The summed E-state index contributed by atoms with van der Waals surface area (Å²) in [5.74, 6) is -0.423. The second-order valence-corrected chi connectivity index (χ2v) is 9.20. The molecule has 24 heavy (non-hydrogen) atoms. The van der Waals surface area contributed by atoms with Gasteiger partial charge < -0.3 is 0 Å². The minimum absolute atomic E-state index is 0.0169. The van der Waals surface area contributed by atoms with E-state index in [1.165, 1.54) is 43.3 Å². The molecule has 0 saturated carbocycles. The van der Waals surface area contributed by atoms with E-state index in [1.54, 1.807) is 12.1 Å². The van der Waals surface area contributed by atoms with Crippen LogP contribution >= 0.6 is 0 Å². The Kier molecular flexibility index (Phi) is 5.74. The zero-order chi connectivity index (χ0) is 17.8. The molecule has 130 valence electrons. The van der Waals surface area contributed by atoms with Gasteiger partial charge in [-0.25, -0.2) is 25.9 Å². The van der Waals surface area contributed by atoms with Crippen molar-refractivity contribution in [3.8, 4) is 0 Å². The molecule has 0 bridgehead atoms. The molecule has 0 aliphatic carbocycles. The Bertz CT molecular complexity index is 907. The minimum Gasteiger partial charge on any atom is -0.224 e. The first-order chi connectivity index (χ1) is 11.2. The van der Waals surface area contributed by atoms with E-state index < -0.39 is 19.9 Å². The van der Waals surface area contributed by atoms with Crippen LogP contribution in [0.3, 0.4) is 0 Å². The molecule has 0 aromatic heterocycles. The predicted octanol–water partition coefficient (Wildman–Crippen LogP) is 2.14. The fourth-order valence-electron chi connectivity index (χ4n) is 2.10. The van der Waals surface area contributed by atoms with Gasteiger partial charge >= 0.3 is 0 Å². The molecule has 0 aliphatic rings. The minimum atomic E-state index is -3.75. The first-order valence-electron chi connectivity index (χ1n) is 7.31. The van der Waals surface area contributed by atoms with E-state index >= 15 is 0 Å². The van der Waals surface area contributed by atoms with Gasteiger partial charge in [-0.3, -0.25) is 0 Å². The average Bonchev–Trinajstić information content (AvgIpc) is 2.55. The summed E-state index contributed by atoms with van der Waals surface area (Å²) in [5, 5.41) is 0. The highest BCUT2D eigenvalue weighted by Gasteiger charge is 2.16. The summed E-state index contributed by atoms with van der Waals surface area (Å²) in [6.07, 6.45) is 0.347. The van der Waals surface area contributed by atoms with Gasteiger partial charge in [-0.2, -0.15) is 0 Å². The molecule has 0 saturated heterocycles. The Morgan fingerprint density at radius 1 is 0.958 bits per heavy atom. The largest absolute Gasteiger partial charge is 0.240 e. The Morgan fingerprint density at radius 2 is 1.58 bits per heavy atom. The van der Waals surface area contributed by atoms with Crippen molar-refractivity contribution in [1.29, 1.82) is 0 Å². The first-order valence-corrected chi connectivity index (χ1v) is 10.4. The number of nitrogens with one attached hydrogen (secondary N) is 1. The van der Waals surface area contributed by atoms with E-state index in [4.69, 9.17) is 0 Å². The SMILES string of the molecule is CCS(=O)(=O)c1ccc(S(=O)(=O)NCCc2cccc(F)c2)cc1. The molecule has 8 heteroatoms. The number of hydrogen-bond donors (Lipinski definition) is 1. The summed E-state index contributed by atoms with van der Waals surface area (Å²) in [6, 6.07) is 11.0. The number of benzene rings is 2. The van der Waals surface area contributed by atoms with Crippen LogP contribution in [0.1, 0.15) is 12.5 Å². The maximum atomic E-state index is 13.1. The van der Waals surface area contributed by atoms with E-state index in [-0.39, 0.29) is 27.9 Å². The fourth-order valence-corrected chi connectivity index (χ4v) is 4.01. The van der Waals surface area contributed by atoms with E-state index in [0.717, 1.165) is 0 Å². The molecular formula is C16H18FNO4S2. The summed E-state index contributed by atoms with van der Waals surface area (Å²) in [5.41, 5.74) is 0.682. The summed E-state index contributed by atoms with van der Waals surface area (Å²) in [7, 11) is -7.12. The zero-order valence-electron chi connectivity index (χ0n) is 13.1. The van der Waals surface area contributed by atoms with Crippen molar-refractivity contribution >= 4 is 19.9 Å². The second-order valence-electron chi connectivity index (χ2n) is 5.15. The van der Waals surface area contributed by atoms with Crippen molar-refractivity contribution in [1.82, 2.24) is 4.72 Å². The van der Waals surface area contributed by atoms with Gasteiger partial charge in [0.15, 0.2) is 9.84 Å². The highest BCUT2D eigenvalue weighted by atomic mass is 32.2. The van der Waals surface area contributed by atoms with Crippen molar-refractivity contribution in [3.63, 3.8) is 0 Å². The molecule has 2 rings (SSSR count). The van der Waals surface area contributed by atoms with E-state index in [2.05, 4.69) is 4.72 Å². The van der Waals surface area contributed by atoms with Crippen molar-refractivity contribution in [3.05, 3.63) is 59.9 Å². The highest BCUT2D eigenvalue weighted by molar-refractivity contribution is 7.91. The van der Waals surface area contributed by atoms with E-state index in [1.807, 2.05) is 0 Å².